The van der Waals surface area contributed by atoms with Crippen molar-refractivity contribution in [1.82, 2.24) is 9.78 Å². The van der Waals surface area contributed by atoms with Crippen LogP contribution >= 0.6 is 22.6 Å². The summed E-state index contributed by atoms with van der Waals surface area (Å²) in [6, 6.07) is 5.75. The van der Waals surface area contributed by atoms with Crippen LogP contribution in [0.1, 0.15) is 26.3 Å². The van der Waals surface area contributed by atoms with Gasteiger partial charge in [-0.05, 0) is 61.1 Å². The second-order valence-corrected chi connectivity index (χ2v) is 6.19. The lowest BCUT2D eigenvalue weighted by Gasteiger charge is -2.19. The van der Waals surface area contributed by atoms with Gasteiger partial charge in [-0.15, -0.1) is 0 Å². The van der Waals surface area contributed by atoms with Crippen molar-refractivity contribution in [3.05, 3.63) is 34.0 Å². The monoisotopic (exact) mass is 370 g/mol. The molecule has 100 valence electrons. The Labute approximate surface area is 125 Å². The van der Waals surface area contributed by atoms with Crippen molar-refractivity contribution < 1.29 is 9.53 Å². The van der Waals surface area contributed by atoms with E-state index in [9.17, 15) is 4.79 Å². The van der Waals surface area contributed by atoms with Gasteiger partial charge in [-0.2, -0.15) is 9.78 Å². The molecule has 19 heavy (non-hydrogen) atoms. The molecule has 4 nitrogen and oxygen atoms in total. The van der Waals surface area contributed by atoms with E-state index in [1.165, 1.54) is 4.68 Å². The quantitative estimate of drug-likeness (QED) is 0.711. The zero-order valence-electron chi connectivity index (χ0n) is 11.1. The van der Waals surface area contributed by atoms with Crippen LogP contribution in [-0.2, 0) is 4.74 Å². The van der Waals surface area contributed by atoms with Crippen LogP contribution in [0.25, 0.3) is 17.0 Å². The number of halogens is 1. The number of nitrogens with zero attached hydrogens (tertiary/aromatic N) is 2. The van der Waals surface area contributed by atoms with E-state index in [-0.39, 0.29) is 0 Å². The van der Waals surface area contributed by atoms with Crippen LogP contribution in [0.4, 0.5) is 4.79 Å². The first-order valence-corrected chi connectivity index (χ1v) is 6.94. The van der Waals surface area contributed by atoms with Crippen molar-refractivity contribution in [1.29, 1.82) is 0 Å². The summed E-state index contributed by atoms with van der Waals surface area (Å²) in [7, 11) is 0. The van der Waals surface area contributed by atoms with Gasteiger partial charge in [-0.3, -0.25) is 0 Å². The smallest absolute Gasteiger partial charge is 0.435 e. The van der Waals surface area contributed by atoms with Crippen molar-refractivity contribution in [2.24, 2.45) is 0 Å². The van der Waals surface area contributed by atoms with Gasteiger partial charge in [0.25, 0.3) is 0 Å². The molecule has 1 aromatic carbocycles. The Morgan fingerprint density at radius 3 is 2.74 bits per heavy atom. The maximum atomic E-state index is 12.1. The summed E-state index contributed by atoms with van der Waals surface area (Å²) in [5, 5.41) is 5.17. The Hall–Kier alpha value is -1.37. The number of hydrogen-bond acceptors (Lipinski definition) is 3. The normalized spacial score (nSPS) is 11.6. The SMILES string of the molecule is C=Cc1ccc2c(I)nn(C(=O)OC(C)(C)C)c2c1. The molecule has 0 aliphatic rings. The van der Waals surface area contributed by atoms with Gasteiger partial charge in [0, 0.05) is 5.39 Å². The molecule has 0 unspecified atom stereocenters. The number of benzene rings is 1. The van der Waals surface area contributed by atoms with E-state index in [1.54, 1.807) is 6.08 Å². The number of carbonyl (C=O) groups excluding carboxylic acids is 1. The molecule has 0 N–H and O–H groups in total. The summed E-state index contributed by atoms with van der Waals surface area (Å²) in [4.78, 5) is 12.1. The fourth-order valence-corrected chi connectivity index (χ4v) is 2.34. The highest BCUT2D eigenvalue weighted by atomic mass is 127. The van der Waals surface area contributed by atoms with E-state index >= 15 is 0 Å². The van der Waals surface area contributed by atoms with Crippen LogP contribution < -0.4 is 0 Å². The third kappa shape index (κ3) is 2.97. The molecule has 0 atom stereocenters. The molecule has 0 amide bonds. The van der Waals surface area contributed by atoms with Gasteiger partial charge < -0.3 is 4.74 Å². The van der Waals surface area contributed by atoms with Gasteiger partial charge >= 0.3 is 6.09 Å². The van der Waals surface area contributed by atoms with Crippen LogP contribution in [0.2, 0.25) is 0 Å². The molecule has 0 saturated heterocycles. The minimum absolute atomic E-state index is 0.471. The highest BCUT2D eigenvalue weighted by Gasteiger charge is 2.21. The molecule has 1 heterocycles. The van der Waals surface area contributed by atoms with Crippen molar-refractivity contribution in [3.63, 3.8) is 0 Å². The number of rotatable bonds is 1. The molecule has 0 radical (unpaired) electrons. The summed E-state index contributed by atoms with van der Waals surface area (Å²) in [5.41, 5.74) is 1.13. The highest BCUT2D eigenvalue weighted by Crippen LogP contribution is 2.23. The summed E-state index contributed by atoms with van der Waals surface area (Å²) in [6.07, 6.45) is 1.26. The zero-order valence-corrected chi connectivity index (χ0v) is 13.3. The lowest BCUT2D eigenvalue weighted by molar-refractivity contribution is 0.0522. The van der Waals surface area contributed by atoms with Gasteiger partial charge in [0.1, 0.15) is 9.30 Å². The average molecular weight is 370 g/mol. The summed E-state index contributed by atoms with van der Waals surface area (Å²) < 4.78 is 7.42. The van der Waals surface area contributed by atoms with Crippen LogP contribution in [0, 0.1) is 3.70 Å². The summed E-state index contributed by atoms with van der Waals surface area (Å²) >= 11 is 2.11. The Balaban J connectivity index is 2.54. The molecular weight excluding hydrogens is 355 g/mol. The van der Waals surface area contributed by atoms with E-state index in [0.29, 0.717) is 0 Å². The third-order valence-electron chi connectivity index (χ3n) is 2.46. The van der Waals surface area contributed by atoms with E-state index < -0.39 is 11.7 Å². The maximum absolute atomic E-state index is 12.1. The second kappa shape index (κ2) is 4.96. The molecule has 1 aromatic heterocycles. The van der Waals surface area contributed by atoms with Gasteiger partial charge in [0.2, 0.25) is 0 Å². The molecule has 0 fully saturated rings. The fourth-order valence-electron chi connectivity index (χ4n) is 1.67. The lowest BCUT2D eigenvalue weighted by atomic mass is 10.2. The van der Waals surface area contributed by atoms with Crippen LogP contribution in [-0.4, -0.2) is 21.5 Å². The van der Waals surface area contributed by atoms with E-state index in [0.717, 1.165) is 20.2 Å². The maximum Gasteiger partial charge on any atom is 0.435 e. The highest BCUT2D eigenvalue weighted by molar-refractivity contribution is 14.1. The number of carbonyl (C=O) groups is 1. The molecular formula is C14H15IN2O2. The van der Waals surface area contributed by atoms with Crippen molar-refractivity contribution in [3.8, 4) is 0 Å². The van der Waals surface area contributed by atoms with E-state index in [1.807, 2.05) is 39.0 Å². The number of hydrogen-bond donors (Lipinski definition) is 0. The topological polar surface area (TPSA) is 44.1 Å². The fraction of sp³-hybridized carbons (Fsp3) is 0.286. The number of fused-ring (bicyclic) bond motifs is 1. The molecule has 0 aliphatic carbocycles. The molecule has 5 heteroatoms. The van der Waals surface area contributed by atoms with Crippen LogP contribution in [0.3, 0.4) is 0 Å². The minimum Gasteiger partial charge on any atom is -0.442 e. The van der Waals surface area contributed by atoms with Crippen LogP contribution in [0.5, 0.6) is 0 Å². The Morgan fingerprint density at radius 2 is 2.16 bits per heavy atom. The van der Waals surface area contributed by atoms with Gasteiger partial charge in [-0.25, -0.2) is 4.79 Å². The zero-order chi connectivity index (χ0) is 14.2. The van der Waals surface area contributed by atoms with Crippen LogP contribution in [0.15, 0.2) is 24.8 Å². The van der Waals surface area contributed by atoms with Crippen molar-refractivity contribution in [2.45, 2.75) is 26.4 Å². The minimum atomic E-state index is -0.545. The lowest BCUT2D eigenvalue weighted by Crippen LogP contribution is -2.27. The molecule has 0 aliphatic heterocycles. The standard InChI is InChI=1S/C14H15IN2O2/c1-5-9-6-7-10-11(8-9)17(16-12(10)15)13(18)19-14(2,3)4/h5-8H,1H2,2-4H3. The van der Waals surface area contributed by atoms with Crippen molar-refractivity contribution >= 4 is 45.7 Å². The molecule has 0 saturated carbocycles. The van der Waals surface area contributed by atoms with Crippen molar-refractivity contribution in [2.75, 3.05) is 0 Å². The third-order valence-corrected chi connectivity index (χ3v) is 3.26. The second-order valence-electron chi connectivity index (χ2n) is 5.16. The van der Waals surface area contributed by atoms with Gasteiger partial charge in [0.15, 0.2) is 0 Å². The Bertz CT molecular complexity index is 653. The predicted molar refractivity (Wildman–Crippen MR) is 84.2 cm³/mol. The number of aromatic nitrogens is 2. The summed E-state index contributed by atoms with van der Waals surface area (Å²) in [6.45, 7) is 9.22. The molecule has 2 aromatic rings. The number of ether oxygens (including phenoxy) is 1. The first-order valence-electron chi connectivity index (χ1n) is 5.86. The molecule has 0 spiro atoms. The largest absolute Gasteiger partial charge is 0.442 e. The Kier molecular flexibility index (Phi) is 3.66. The first-order chi connectivity index (χ1) is 8.81. The molecule has 0 bridgehead atoms. The predicted octanol–water partition coefficient (Wildman–Crippen LogP) is 4.07. The average Bonchev–Trinajstić information content (AvgIpc) is 2.64. The first kappa shape index (κ1) is 14.0. The molecule has 2 rings (SSSR count). The van der Waals surface area contributed by atoms with E-state index in [2.05, 4.69) is 34.3 Å². The Morgan fingerprint density at radius 1 is 1.47 bits per heavy atom. The summed E-state index contributed by atoms with van der Waals surface area (Å²) in [5.74, 6) is 0. The van der Waals surface area contributed by atoms with Gasteiger partial charge in [0.05, 0.1) is 5.52 Å². The van der Waals surface area contributed by atoms with Gasteiger partial charge in [-0.1, -0.05) is 18.7 Å². The van der Waals surface area contributed by atoms with E-state index in [4.69, 9.17) is 4.74 Å².